The summed E-state index contributed by atoms with van der Waals surface area (Å²) in [5.41, 5.74) is 0.774. The lowest BCUT2D eigenvalue weighted by Gasteiger charge is -2.14. The van der Waals surface area contributed by atoms with E-state index in [2.05, 4.69) is 20.8 Å². The first-order valence-electron chi connectivity index (χ1n) is 6.29. The third kappa shape index (κ3) is 3.39. The third-order valence-corrected chi connectivity index (χ3v) is 3.91. The van der Waals surface area contributed by atoms with Crippen molar-refractivity contribution in [3.8, 4) is 0 Å². The first-order valence-corrected chi connectivity index (χ1v) is 7.08. The maximum Gasteiger partial charge on any atom is 0.167 e. The number of halogens is 2. The highest BCUT2D eigenvalue weighted by atomic mass is 79.9. The molecule has 1 aliphatic heterocycles. The zero-order chi connectivity index (χ0) is 13.0. The maximum absolute atomic E-state index is 12.3. The normalized spacial score (nSPS) is 20.2. The molecule has 1 aromatic carbocycles. The fraction of sp³-hybridized carbons (Fsp3) is 0.500. The largest absolute Gasteiger partial charge is 0.302 e. The molecule has 1 saturated heterocycles. The smallest absolute Gasteiger partial charge is 0.167 e. The molecular formula is C14H17BrFNO. The van der Waals surface area contributed by atoms with Crippen molar-refractivity contribution in [3.05, 3.63) is 34.3 Å². The van der Waals surface area contributed by atoms with Crippen LogP contribution in [0.4, 0.5) is 4.39 Å². The number of hydrogen-bond acceptors (Lipinski definition) is 2. The molecule has 0 saturated carbocycles. The lowest BCUT2D eigenvalue weighted by atomic mass is 9.97. The van der Waals surface area contributed by atoms with Gasteiger partial charge in [-0.15, -0.1) is 0 Å². The number of carbonyl (C=O) groups excluding carboxylic acids is 1. The van der Waals surface area contributed by atoms with Gasteiger partial charge in [-0.25, -0.2) is 0 Å². The molecular weight excluding hydrogens is 297 g/mol. The van der Waals surface area contributed by atoms with E-state index in [0.29, 0.717) is 6.42 Å². The third-order valence-electron chi connectivity index (χ3n) is 3.38. The van der Waals surface area contributed by atoms with Gasteiger partial charge in [0, 0.05) is 29.0 Å². The van der Waals surface area contributed by atoms with Crippen LogP contribution in [0.5, 0.6) is 0 Å². The average molecular weight is 314 g/mol. The average Bonchev–Trinajstić information content (AvgIpc) is 2.85. The van der Waals surface area contributed by atoms with E-state index in [1.54, 1.807) is 0 Å². The Morgan fingerprint density at radius 3 is 2.78 bits per heavy atom. The Labute approximate surface area is 115 Å². The summed E-state index contributed by atoms with van der Waals surface area (Å²) in [4.78, 5) is 14.4. The Balaban J connectivity index is 1.93. The van der Waals surface area contributed by atoms with E-state index in [-0.39, 0.29) is 18.4 Å². The molecule has 0 amide bonds. The molecule has 98 valence electrons. The van der Waals surface area contributed by atoms with Crippen molar-refractivity contribution < 1.29 is 9.18 Å². The van der Waals surface area contributed by atoms with Gasteiger partial charge in [0.1, 0.15) is 0 Å². The minimum absolute atomic E-state index is 0.0748. The number of carbonyl (C=O) groups is 1. The predicted octanol–water partition coefficient (Wildman–Crippen LogP) is 3.31. The Morgan fingerprint density at radius 1 is 1.39 bits per heavy atom. The Kier molecular flexibility index (Phi) is 4.89. The molecule has 1 atom stereocenters. The number of benzene rings is 1. The minimum atomic E-state index is -0.276. The van der Waals surface area contributed by atoms with Gasteiger partial charge >= 0.3 is 0 Å². The number of nitrogens with zero attached hydrogens (tertiary/aromatic N) is 1. The van der Waals surface area contributed by atoms with Crippen LogP contribution in [0.25, 0.3) is 0 Å². The molecule has 0 bridgehead atoms. The molecule has 1 heterocycles. The fourth-order valence-corrected chi connectivity index (χ4v) is 2.65. The molecule has 2 nitrogen and oxygen atoms in total. The summed E-state index contributed by atoms with van der Waals surface area (Å²) in [7, 11) is 0. The van der Waals surface area contributed by atoms with Crippen molar-refractivity contribution in [2.45, 2.75) is 12.8 Å². The highest BCUT2D eigenvalue weighted by Gasteiger charge is 2.28. The number of Topliss-reactive ketones (excluding diaryl/α,β-unsaturated/α-hetero) is 1. The van der Waals surface area contributed by atoms with Crippen molar-refractivity contribution in [2.75, 3.05) is 26.3 Å². The van der Waals surface area contributed by atoms with Crippen LogP contribution in [0.3, 0.4) is 0 Å². The van der Waals surface area contributed by atoms with E-state index >= 15 is 0 Å². The van der Waals surface area contributed by atoms with E-state index in [4.69, 9.17) is 0 Å². The Bertz CT molecular complexity index is 407. The predicted molar refractivity (Wildman–Crippen MR) is 73.6 cm³/mol. The van der Waals surface area contributed by atoms with Crippen molar-refractivity contribution in [1.82, 2.24) is 4.90 Å². The van der Waals surface area contributed by atoms with Crippen LogP contribution >= 0.6 is 15.9 Å². The highest BCUT2D eigenvalue weighted by molar-refractivity contribution is 9.10. The molecule has 0 aromatic heterocycles. The molecule has 0 aliphatic carbocycles. The molecule has 0 radical (unpaired) electrons. The van der Waals surface area contributed by atoms with Crippen LogP contribution in [0, 0.1) is 5.92 Å². The zero-order valence-electron chi connectivity index (χ0n) is 10.2. The van der Waals surface area contributed by atoms with Crippen molar-refractivity contribution >= 4 is 21.7 Å². The Morgan fingerprint density at radius 2 is 2.11 bits per heavy atom. The minimum Gasteiger partial charge on any atom is -0.302 e. The van der Waals surface area contributed by atoms with Gasteiger partial charge in [0.2, 0.25) is 0 Å². The van der Waals surface area contributed by atoms with Crippen LogP contribution in [0.2, 0.25) is 0 Å². The van der Waals surface area contributed by atoms with Crippen LogP contribution in [-0.2, 0) is 0 Å². The van der Waals surface area contributed by atoms with Crippen molar-refractivity contribution in [1.29, 1.82) is 0 Å². The van der Waals surface area contributed by atoms with Gasteiger partial charge in [-0.2, -0.15) is 0 Å². The molecule has 4 heteroatoms. The molecule has 18 heavy (non-hydrogen) atoms. The number of rotatable bonds is 5. The fourth-order valence-electron chi connectivity index (χ4n) is 2.38. The van der Waals surface area contributed by atoms with E-state index < -0.39 is 0 Å². The molecule has 1 aromatic rings. The quantitative estimate of drug-likeness (QED) is 0.777. The van der Waals surface area contributed by atoms with Gasteiger partial charge in [0.15, 0.2) is 5.78 Å². The first-order chi connectivity index (χ1) is 8.70. The summed E-state index contributed by atoms with van der Waals surface area (Å²) in [5.74, 6) is 0.288. The lowest BCUT2D eigenvalue weighted by Crippen LogP contribution is -2.24. The summed E-state index contributed by atoms with van der Waals surface area (Å²) in [6.45, 7) is 2.17. The van der Waals surface area contributed by atoms with E-state index in [0.717, 1.165) is 36.1 Å². The zero-order valence-corrected chi connectivity index (χ0v) is 11.8. The molecule has 0 N–H and O–H groups in total. The maximum atomic E-state index is 12.3. The van der Waals surface area contributed by atoms with Crippen LogP contribution in [0.1, 0.15) is 23.2 Å². The number of alkyl halides is 1. The van der Waals surface area contributed by atoms with Gasteiger partial charge in [0.05, 0.1) is 6.67 Å². The van der Waals surface area contributed by atoms with E-state index in [1.165, 1.54) is 0 Å². The summed E-state index contributed by atoms with van der Waals surface area (Å²) >= 11 is 3.36. The number of likely N-dealkylation sites (tertiary alicyclic amines) is 1. The molecule has 1 fully saturated rings. The van der Waals surface area contributed by atoms with Crippen LogP contribution in [0.15, 0.2) is 28.7 Å². The second kappa shape index (κ2) is 6.43. The van der Waals surface area contributed by atoms with Gasteiger partial charge in [-0.3, -0.25) is 9.18 Å². The summed E-state index contributed by atoms with van der Waals surface area (Å²) < 4.78 is 13.1. The second-order valence-electron chi connectivity index (χ2n) is 4.70. The van der Waals surface area contributed by atoms with Gasteiger partial charge < -0.3 is 4.90 Å². The Hall–Kier alpha value is -0.740. The monoisotopic (exact) mass is 313 g/mol. The van der Waals surface area contributed by atoms with Crippen LogP contribution in [-0.4, -0.2) is 37.0 Å². The summed E-state index contributed by atoms with van der Waals surface area (Å²) in [6, 6.07) is 7.50. The number of ketones is 1. The molecule has 1 unspecified atom stereocenters. The lowest BCUT2D eigenvalue weighted by molar-refractivity contribution is 0.0922. The van der Waals surface area contributed by atoms with Crippen molar-refractivity contribution in [3.63, 3.8) is 0 Å². The molecule has 0 spiro atoms. The topological polar surface area (TPSA) is 20.3 Å². The first kappa shape index (κ1) is 13.7. The molecule has 1 aliphatic rings. The van der Waals surface area contributed by atoms with Crippen LogP contribution < -0.4 is 0 Å². The summed E-state index contributed by atoms with van der Waals surface area (Å²) in [6.07, 6.45) is 1.46. The second-order valence-corrected chi connectivity index (χ2v) is 5.62. The van der Waals surface area contributed by atoms with Gasteiger partial charge in [0.25, 0.3) is 0 Å². The van der Waals surface area contributed by atoms with Gasteiger partial charge in [-0.05, 0) is 31.5 Å². The molecule has 2 rings (SSSR count). The van der Waals surface area contributed by atoms with E-state index in [1.807, 2.05) is 24.3 Å². The highest BCUT2D eigenvalue weighted by Crippen LogP contribution is 2.22. The summed E-state index contributed by atoms with van der Waals surface area (Å²) in [5, 5.41) is 0. The standard InChI is InChI=1S/C14H17BrFNO/c15-13-4-2-11(3-5-13)14(18)12-6-9-17(10-12)8-1-7-16/h2-5,12H,1,6-10H2. The van der Waals surface area contributed by atoms with Gasteiger partial charge in [-0.1, -0.05) is 28.1 Å². The van der Waals surface area contributed by atoms with Crippen molar-refractivity contribution in [2.24, 2.45) is 5.92 Å². The number of hydrogen-bond donors (Lipinski definition) is 0. The SMILES string of the molecule is O=C(c1ccc(Br)cc1)C1CCN(CCCF)C1. The van der Waals surface area contributed by atoms with E-state index in [9.17, 15) is 9.18 Å².